The first kappa shape index (κ1) is 22.2. The van der Waals surface area contributed by atoms with E-state index >= 15 is 0 Å². The summed E-state index contributed by atoms with van der Waals surface area (Å²) >= 11 is 5.99. The SMILES string of the molecule is O=C(Nc1ccc(Oc2ccnc3cnc(Cl)cc23)cn1)c1cccn(-c2ccc(F)cc2)c1=O. The zero-order valence-electron chi connectivity index (χ0n) is 17.9. The Morgan fingerprint density at radius 3 is 2.60 bits per heavy atom. The molecule has 0 radical (unpaired) electrons. The predicted octanol–water partition coefficient (Wildman–Crippen LogP) is 5.01. The molecule has 0 aliphatic rings. The van der Waals surface area contributed by atoms with Gasteiger partial charge in [0.2, 0.25) is 0 Å². The van der Waals surface area contributed by atoms with Gasteiger partial charge in [-0.25, -0.2) is 14.4 Å². The number of benzene rings is 1. The Balaban J connectivity index is 1.34. The Morgan fingerprint density at radius 1 is 1.00 bits per heavy atom. The second-order valence-corrected chi connectivity index (χ2v) is 7.73. The molecule has 0 fully saturated rings. The van der Waals surface area contributed by atoms with Crippen LogP contribution in [0.2, 0.25) is 5.15 Å². The van der Waals surface area contributed by atoms with Gasteiger partial charge in [0.05, 0.1) is 17.9 Å². The van der Waals surface area contributed by atoms with E-state index in [9.17, 15) is 14.0 Å². The average molecular weight is 488 g/mol. The van der Waals surface area contributed by atoms with Crippen LogP contribution in [0.15, 0.2) is 90.2 Å². The molecule has 0 saturated heterocycles. The summed E-state index contributed by atoms with van der Waals surface area (Å²) in [7, 11) is 0. The molecule has 35 heavy (non-hydrogen) atoms. The number of carbonyl (C=O) groups is 1. The quantitative estimate of drug-likeness (QED) is 0.350. The van der Waals surface area contributed by atoms with E-state index in [0.29, 0.717) is 33.2 Å². The Hall–Kier alpha value is -4.63. The van der Waals surface area contributed by atoms with Crippen LogP contribution in [0.3, 0.4) is 0 Å². The minimum absolute atomic E-state index is 0.0901. The van der Waals surface area contributed by atoms with Crippen molar-refractivity contribution in [2.75, 3.05) is 5.32 Å². The summed E-state index contributed by atoms with van der Waals surface area (Å²) < 4.78 is 20.4. The highest BCUT2D eigenvalue weighted by Crippen LogP contribution is 2.29. The number of hydrogen-bond acceptors (Lipinski definition) is 6. The number of nitrogens with zero attached hydrogens (tertiary/aromatic N) is 4. The Bertz CT molecular complexity index is 1610. The second kappa shape index (κ2) is 9.32. The van der Waals surface area contributed by atoms with Crippen molar-refractivity contribution in [3.8, 4) is 17.2 Å². The topological polar surface area (TPSA) is 99.0 Å². The van der Waals surface area contributed by atoms with Gasteiger partial charge in [-0.05, 0) is 60.7 Å². The van der Waals surface area contributed by atoms with Crippen LogP contribution in [0.5, 0.6) is 11.5 Å². The number of carbonyl (C=O) groups excluding carboxylic acids is 1. The van der Waals surface area contributed by atoms with Crippen molar-refractivity contribution in [1.29, 1.82) is 0 Å². The number of ether oxygens (including phenoxy) is 1. The third-order valence-corrected chi connectivity index (χ3v) is 5.26. The summed E-state index contributed by atoms with van der Waals surface area (Å²) in [5.74, 6) is 0.109. The number of hydrogen-bond donors (Lipinski definition) is 1. The monoisotopic (exact) mass is 487 g/mol. The third kappa shape index (κ3) is 4.71. The largest absolute Gasteiger partial charge is 0.455 e. The third-order valence-electron chi connectivity index (χ3n) is 5.06. The zero-order chi connectivity index (χ0) is 24.4. The van der Waals surface area contributed by atoms with Gasteiger partial charge in [-0.15, -0.1) is 0 Å². The lowest BCUT2D eigenvalue weighted by Gasteiger charge is -2.10. The Kier molecular flexibility index (Phi) is 5.90. The van der Waals surface area contributed by atoms with Crippen LogP contribution in [0, 0.1) is 5.82 Å². The van der Waals surface area contributed by atoms with E-state index in [1.807, 2.05) is 0 Å². The molecule has 0 saturated carbocycles. The van der Waals surface area contributed by atoms with Crippen molar-refractivity contribution in [3.63, 3.8) is 0 Å². The van der Waals surface area contributed by atoms with Crippen LogP contribution in [0.25, 0.3) is 16.6 Å². The fraction of sp³-hybridized carbons (Fsp3) is 0. The molecule has 0 aliphatic heterocycles. The van der Waals surface area contributed by atoms with Gasteiger partial charge in [0.25, 0.3) is 11.5 Å². The summed E-state index contributed by atoms with van der Waals surface area (Å²) in [5.41, 5.74) is 0.422. The van der Waals surface area contributed by atoms with Crippen LogP contribution < -0.4 is 15.6 Å². The first-order chi connectivity index (χ1) is 17.0. The number of rotatable bonds is 5. The smallest absolute Gasteiger partial charge is 0.267 e. The van der Waals surface area contributed by atoms with E-state index in [1.54, 1.807) is 42.7 Å². The zero-order valence-corrected chi connectivity index (χ0v) is 18.6. The van der Waals surface area contributed by atoms with E-state index in [1.165, 1.54) is 47.3 Å². The molecule has 172 valence electrons. The molecule has 5 rings (SSSR count). The van der Waals surface area contributed by atoms with Crippen molar-refractivity contribution in [3.05, 3.63) is 112 Å². The Labute approximate surface area is 202 Å². The highest BCUT2D eigenvalue weighted by atomic mass is 35.5. The fourth-order valence-electron chi connectivity index (χ4n) is 3.38. The van der Waals surface area contributed by atoms with Crippen LogP contribution >= 0.6 is 11.6 Å². The number of anilines is 1. The number of amides is 1. The van der Waals surface area contributed by atoms with Gasteiger partial charge in [0.1, 0.15) is 33.9 Å². The number of fused-ring (bicyclic) bond motifs is 1. The lowest BCUT2D eigenvalue weighted by atomic mass is 10.2. The number of halogens is 2. The minimum atomic E-state index is -0.630. The maximum atomic E-state index is 13.2. The normalized spacial score (nSPS) is 10.8. The van der Waals surface area contributed by atoms with Crippen molar-refractivity contribution >= 4 is 34.2 Å². The predicted molar refractivity (Wildman–Crippen MR) is 129 cm³/mol. The van der Waals surface area contributed by atoms with Crippen LogP contribution in [-0.4, -0.2) is 25.4 Å². The summed E-state index contributed by atoms with van der Waals surface area (Å²) in [6, 6.07) is 14.9. The Morgan fingerprint density at radius 2 is 1.83 bits per heavy atom. The fourth-order valence-corrected chi connectivity index (χ4v) is 3.54. The molecule has 0 aliphatic carbocycles. The highest BCUT2D eigenvalue weighted by Gasteiger charge is 2.14. The molecule has 0 spiro atoms. The minimum Gasteiger partial charge on any atom is -0.455 e. The van der Waals surface area contributed by atoms with Crippen molar-refractivity contribution in [2.45, 2.75) is 0 Å². The lowest BCUT2D eigenvalue weighted by molar-refractivity contribution is 0.102. The summed E-state index contributed by atoms with van der Waals surface area (Å²) in [6.45, 7) is 0. The van der Waals surface area contributed by atoms with Gasteiger partial charge >= 0.3 is 0 Å². The number of pyridine rings is 4. The average Bonchev–Trinajstić information content (AvgIpc) is 2.86. The standard InChI is InChI=1S/C25H15ClFN5O3/c26-22-12-19-20(14-29-22)28-10-9-21(19)35-17-7-8-23(30-13-17)31-24(33)18-2-1-11-32(25(18)34)16-5-3-15(27)4-6-16/h1-14H,(H,30,31,33). The molecular formula is C25H15ClFN5O3. The molecule has 1 N–H and O–H groups in total. The van der Waals surface area contributed by atoms with Crippen molar-refractivity contribution in [2.24, 2.45) is 0 Å². The first-order valence-corrected chi connectivity index (χ1v) is 10.7. The maximum Gasteiger partial charge on any atom is 0.267 e. The van der Waals surface area contributed by atoms with Gasteiger partial charge in [-0.2, -0.15) is 0 Å². The molecule has 4 heterocycles. The summed E-state index contributed by atoms with van der Waals surface area (Å²) in [4.78, 5) is 38.0. The van der Waals surface area contributed by atoms with Gasteiger partial charge < -0.3 is 10.1 Å². The van der Waals surface area contributed by atoms with Gasteiger partial charge in [-0.1, -0.05) is 11.6 Å². The molecule has 1 aromatic carbocycles. The highest BCUT2D eigenvalue weighted by molar-refractivity contribution is 6.30. The van der Waals surface area contributed by atoms with Gasteiger partial charge in [0.15, 0.2) is 0 Å². The molecule has 0 bridgehead atoms. The molecule has 10 heteroatoms. The maximum absolute atomic E-state index is 13.2. The lowest BCUT2D eigenvalue weighted by Crippen LogP contribution is -2.28. The molecule has 0 atom stereocenters. The van der Waals surface area contributed by atoms with Crippen LogP contribution in [-0.2, 0) is 0 Å². The van der Waals surface area contributed by atoms with E-state index in [2.05, 4.69) is 20.3 Å². The van der Waals surface area contributed by atoms with E-state index in [4.69, 9.17) is 16.3 Å². The molecular weight excluding hydrogens is 473 g/mol. The number of aromatic nitrogens is 4. The van der Waals surface area contributed by atoms with E-state index in [0.717, 1.165) is 0 Å². The van der Waals surface area contributed by atoms with Crippen molar-refractivity contribution in [1.82, 2.24) is 19.5 Å². The van der Waals surface area contributed by atoms with Crippen LogP contribution in [0.1, 0.15) is 10.4 Å². The van der Waals surface area contributed by atoms with E-state index < -0.39 is 17.3 Å². The summed E-state index contributed by atoms with van der Waals surface area (Å²) in [6.07, 6.45) is 6.08. The summed E-state index contributed by atoms with van der Waals surface area (Å²) in [5, 5.41) is 3.60. The van der Waals surface area contributed by atoms with Crippen LogP contribution in [0.4, 0.5) is 10.2 Å². The molecule has 5 aromatic rings. The molecule has 8 nitrogen and oxygen atoms in total. The first-order valence-electron chi connectivity index (χ1n) is 10.3. The van der Waals surface area contributed by atoms with Gasteiger partial charge in [-0.3, -0.25) is 19.1 Å². The number of nitrogens with one attached hydrogen (secondary N) is 1. The second-order valence-electron chi connectivity index (χ2n) is 7.34. The molecule has 0 unspecified atom stereocenters. The molecule has 1 amide bonds. The van der Waals surface area contributed by atoms with E-state index in [-0.39, 0.29) is 11.4 Å². The van der Waals surface area contributed by atoms with Crippen molar-refractivity contribution < 1.29 is 13.9 Å². The molecule has 4 aromatic heterocycles. The van der Waals surface area contributed by atoms with Gasteiger partial charge in [0, 0.05) is 23.5 Å².